The van der Waals surface area contributed by atoms with Crippen molar-refractivity contribution in [2.45, 2.75) is 69.0 Å². The summed E-state index contributed by atoms with van der Waals surface area (Å²) >= 11 is 0. The van der Waals surface area contributed by atoms with Gasteiger partial charge in [-0.25, -0.2) is 17.6 Å². The maximum Gasteiger partial charge on any atom is 0.326 e. The summed E-state index contributed by atoms with van der Waals surface area (Å²) in [4.78, 5) is 24.9. The van der Waals surface area contributed by atoms with E-state index in [1.165, 1.54) is 19.1 Å². The molecule has 0 spiro atoms. The Bertz CT molecular complexity index is 1190. The standard InChI is InChI=1S/C25H31FN2O6S/c1-24(2,3)34-19-11-9-17(10-12-19)15-21(22(29)30)27-23(31)25(4)13-6-14-28(25)35(32,33)20-8-5-7-18(26)16-20/h5,7-12,16,21H,6,13-15H2,1-4H3,(H,27,31)(H,29,30)/t21-,25-/m0/s1. The molecule has 0 bridgehead atoms. The lowest BCUT2D eigenvalue weighted by Gasteiger charge is -2.34. The number of ether oxygens (including phenoxy) is 1. The van der Waals surface area contributed by atoms with E-state index < -0.39 is 39.3 Å². The van der Waals surface area contributed by atoms with E-state index in [0.717, 1.165) is 16.4 Å². The Morgan fingerprint density at radius 2 is 1.86 bits per heavy atom. The highest BCUT2D eigenvalue weighted by Crippen LogP contribution is 2.35. The smallest absolute Gasteiger partial charge is 0.326 e. The van der Waals surface area contributed by atoms with Crippen molar-refractivity contribution in [3.8, 4) is 5.75 Å². The third-order valence-electron chi connectivity index (χ3n) is 5.84. The third kappa shape index (κ3) is 6.18. The number of hydrogen-bond acceptors (Lipinski definition) is 5. The van der Waals surface area contributed by atoms with Crippen molar-refractivity contribution in [1.82, 2.24) is 9.62 Å². The van der Waals surface area contributed by atoms with Crippen molar-refractivity contribution in [1.29, 1.82) is 0 Å². The molecule has 3 rings (SSSR count). The second kappa shape index (κ2) is 9.94. The largest absolute Gasteiger partial charge is 0.488 e. The lowest BCUT2D eigenvalue weighted by Crippen LogP contribution is -2.58. The number of hydrogen-bond donors (Lipinski definition) is 2. The quantitative estimate of drug-likeness (QED) is 0.568. The summed E-state index contributed by atoms with van der Waals surface area (Å²) in [5.41, 5.74) is -1.23. The number of carbonyl (C=O) groups is 2. The zero-order valence-corrected chi connectivity index (χ0v) is 21.1. The van der Waals surface area contributed by atoms with Crippen molar-refractivity contribution < 1.29 is 32.2 Å². The minimum Gasteiger partial charge on any atom is -0.488 e. The van der Waals surface area contributed by atoms with Gasteiger partial charge in [-0.1, -0.05) is 18.2 Å². The Morgan fingerprint density at radius 1 is 1.20 bits per heavy atom. The Balaban J connectivity index is 1.78. The van der Waals surface area contributed by atoms with Gasteiger partial charge in [-0.05, 0) is 76.4 Å². The van der Waals surface area contributed by atoms with Gasteiger partial charge in [-0.15, -0.1) is 0 Å². The molecule has 2 aromatic rings. The predicted molar refractivity (Wildman–Crippen MR) is 128 cm³/mol. The average molecular weight is 507 g/mol. The van der Waals surface area contributed by atoms with E-state index in [1.807, 2.05) is 20.8 Å². The van der Waals surface area contributed by atoms with Crippen LogP contribution in [0.1, 0.15) is 46.1 Å². The van der Waals surface area contributed by atoms with Crippen LogP contribution in [0.2, 0.25) is 0 Å². The fraction of sp³-hybridized carbons (Fsp3) is 0.440. The minimum absolute atomic E-state index is 0.00357. The highest BCUT2D eigenvalue weighted by atomic mass is 32.2. The van der Waals surface area contributed by atoms with Crippen LogP contribution in [0.25, 0.3) is 0 Å². The van der Waals surface area contributed by atoms with Gasteiger partial charge in [0.05, 0.1) is 4.90 Å². The predicted octanol–water partition coefficient (Wildman–Crippen LogP) is 3.36. The summed E-state index contributed by atoms with van der Waals surface area (Å²) in [6, 6.07) is 10.2. The van der Waals surface area contributed by atoms with Gasteiger partial charge < -0.3 is 15.2 Å². The van der Waals surface area contributed by atoms with Gasteiger partial charge in [0, 0.05) is 13.0 Å². The van der Waals surface area contributed by atoms with Gasteiger partial charge in [0.2, 0.25) is 15.9 Å². The molecule has 190 valence electrons. The fourth-order valence-corrected chi connectivity index (χ4v) is 5.94. The molecule has 0 radical (unpaired) electrons. The second-order valence-electron chi connectivity index (χ2n) is 9.84. The molecule has 1 heterocycles. The third-order valence-corrected chi connectivity index (χ3v) is 7.85. The number of nitrogens with zero attached hydrogens (tertiary/aromatic N) is 1. The van der Waals surface area contributed by atoms with Crippen LogP contribution in [0.15, 0.2) is 53.4 Å². The van der Waals surface area contributed by atoms with E-state index in [0.29, 0.717) is 17.7 Å². The Morgan fingerprint density at radius 3 is 2.43 bits per heavy atom. The van der Waals surface area contributed by atoms with Crippen LogP contribution in [-0.4, -0.2) is 53.4 Å². The van der Waals surface area contributed by atoms with Gasteiger partial charge in [0.25, 0.3) is 0 Å². The molecule has 2 N–H and O–H groups in total. The van der Waals surface area contributed by atoms with Gasteiger partial charge in [0.1, 0.15) is 28.7 Å². The maximum absolute atomic E-state index is 13.7. The Labute approximate surface area is 205 Å². The molecule has 0 aliphatic carbocycles. The summed E-state index contributed by atoms with van der Waals surface area (Å²) in [5.74, 6) is -2.03. The van der Waals surface area contributed by atoms with E-state index in [1.54, 1.807) is 24.3 Å². The summed E-state index contributed by atoms with van der Waals surface area (Å²) in [6.45, 7) is 7.27. The first-order valence-electron chi connectivity index (χ1n) is 11.3. The number of amides is 1. The number of carbonyl (C=O) groups excluding carboxylic acids is 1. The number of nitrogens with one attached hydrogen (secondary N) is 1. The van der Waals surface area contributed by atoms with E-state index in [4.69, 9.17) is 4.74 Å². The van der Waals surface area contributed by atoms with Gasteiger partial charge in [-0.3, -0.25) is 4.79 Å². The molecule has 0 aromatic heterocycles. The van der Waals surface area contributed by atoms with Crippen LogP contribution >= 0.6 is 0 Å². The SMILES string of the molecule is CC(C)(C)Oc1ccc(C[C@H](NC(=O)[C@]2(C)CCCN2S(=O)(=O)c2cccc(F)c2)C(=O)O)cc1. The first-order valence-corrected chi connectivity index (χ1v) is 12.8. The molecule has 10 heteroatoms. The first kappa shape index (κ1) is 26.6. The van der Waals surface area contributed by atoms with Crippen LogP contribution in [-0.2, 0) is 26.0 Å². The Kier molecular flexibility index (Phi) is 7.56. The van der Waals surface area contributed by atoms with Crippen LogP contribution in [0.5, 0.6) is 5.75 Å². The van der Waals surface area contributed by atoms with E-state index >= 15 is 0 Å². The fourth-order valence-electron chi connectivity index (χ4n) is 4.10. The number of sulfonamides is 1. The highest BCUT2D eigenvalue weighted by Gasteiger charge is 2.50. The van der Waals surface area contributed by atoms with Gasteiger partial charge in [-0.2, -0.15) is 4.31 Å². The molecule has 1 amide bonds. The maximum atomic E-state index is 13.7. The topological polar surface area (TPSA) is 113 Å². The molecular weight excluding hydrogens is 475 g/mol. The molecule has 8 nitrogen and oxygen atoms in total. The van der Waals surface area contributed by atoms with E-state index in [-0.39, 0.29) is 29.9 Å². The number of benzene rings is 2. The van der Waals surface area contributed by atoms with Crippen molar-refractivity contribution in [3.63, 3.8) is 0 Å². The molecule has 0 saturated carbocycles. The highest BCUT2D eigenvalue weighted by molar-refractivity contribution is 7.89. The first-order chi connectivity index (χ1) is 16.2. The summed E-state index contributed by atoms with van der Waals surface area (Å²) < 4.78 is 46.9. The number of aliphatic carboxylic acids is 1. The van der Waals surface area contributed by atoms with Crippen molar-refractivity contribution in [2.75, 3.05) is 6.54 Å². The molecule has 2 aromatic carbocycles. The van der Waals surface area contributed by atoms with Crippen LogP contribution in [0.3, 0.4) is 0 Å². The van der Waals surface area contributed by atoms with Crippen LogP contribution in [0, 0.1) is 5.82 Å². The molecule has 1 fully saturated rings. The van der Waals surface area contributed by atoms with Gasteiger partial charge >= 0.3 is 5.97 Å². The van der Waals surface area contributed by atoms with Crippen molar-refractivity contribution >= 4 is 21.9 Å². The molecule has 1 aliphatic rings. The number of carboxylic acid groups (broad SMARTS) is 1. The summed E-state index contributed by atoms with van der Waals surface area (Å²) in [6.07, 6.45) is 0.619. The normalized spacial score (nSPS) is 19.8. The zero-order valence-electron chi connectivity index (χ0n) is 20.2. The molecule has 0 unspecified atom stereocenters. The van der Waals surface area contributed by atoms with Crippen LogP contribution in [0.4, 0.5) is 4.39 Å². The average Bonchev–Trinajstić information content (AvgIpc) is 3.17. The number of rotatable bonds is 8. The molecular formula is C25H31FN2O6S. The molecule has 35 heavy (non-hydrogen) atoms. The van der Waals surface area contributed by atoms with Crippen molar-refractivity contribution in [2.24, 2.45) is 0 Å². The molecule has 1 saturated heterocycles. The lowest BCUT2D eigenvalue weighted by molar-refractivity contribution is -0.143. The number of carboxylic acids is 1. The van der Waals surface area contributed by atoms with E-state index in [9.17, 15) is 27.5 Å². The second-order valence-corrected chi connectivity index (χ2v) is 11.7. The van der Waals surface area contributed by atoms with Crippen LogP contribution < -0.4 is 10.1 Å². The minimum atomic E-state index is -4.18. The summed E-state index contributed by atoms with van der Waals surface area (Å²) in [7, 11) is -4.18. The molecule has 1 aliphatic heterocycles. The number of halogens is 1. The lowest BCUT2D eigenvalue weighted by atomic mass is 9.97. The Hall–Kier alpha value is -2.98. The van der Waals surface area contributed by atoms with Gasteiger partial charge in [0.15, 0.2) is 0 Å². The van der Waals surface area contributed by atoms with Crippen molar-refractivity contribution in [3.05, 3.63) is 59.9 Å². The van der Waals surface area contributed by atoms with E-state index in [2.05, 4.69) is 5.32 Å². The molecule has 2 atom stereocenters. The summed E-state index contributed by atoms with van der Waals surface area (Å²) in [5, 5.41) is 12.3. The monoisotopic (exact) mass is 506 g/mol. The zero-order chi connectivity index (χ0) is 26.0.